The minimum Gasteiger partial charge on any atom is -0.497 e. The molecule has 0 aliphatic carbocycles. The number of pyridine rings is 1. The Morgan fingerprint density at radius 1 is 1.33 bits per heavy atom. The highest BCUT2D eigenvalue weighted by molar-refractivity contribution is 9.11. The topological polar surface area (TPSA) is 88.5 Å². The number of hydrogen-bond donors (Lipinski definition) is 2. The Morgan fingerprint density at radius 3 is 2.58 bits per heavy atom. The molecule has 0 spiro atoms. The van der Waals surface area contributed by atoms with Gasteiger partial charge in [0, 0.05) is 15.1 Å². The highest BCUT2D eigenvalue weighted by Gasteiger charge is 2.15. The number of hydrogen-bond acceptors (Lipinski definition) is 5. The van der Waals surface area contributed by atoms with Crippen LogP contribution in [0.4, 0.5) is 5.69 Å². The molecule has 24 heavy (non-hydrogen) atoms. The summed E-state index contributed by atoms with van der Waals surface area (Å²) in [5.41, 5.74) is 0.642. The van der Waals surface area contributed by atoms with Gasteiger partial charge >= 0.3 is 5.97 Å². The fourth-order valence-corrected chi connectivity index (χ4v) is 3.89. The summed E-state index contributed by atoms with van der Waals surface area (Å²) in [5, 5.41) is 12.2. The standard InChI is InChI=1S/C15H12Br2N2O4S/c1-23-8-5-10(16)13(11(17)6-8)19-12(20)7-24-14-9(15(21)22)3-2-4-18-14/h2-6H,7H2,1H3,(H,19,20)(H,21,22). The molecule has 2 N–H and O–H groups in total. The number of nitrogens with one attached hydrogen (secondary N) is 1. The van der Waals surface area contributed by atoms with Gasteiger partial charge in [-0.05, 0) is 56.1 Å². The third kappa shape index (κ3) is 4.71. The van der Waals surface area contributed by atoms with Gasteiger partial charge in [-0.2, -0.15) is 0 Å². The molecule has 0 aliphatic rings. The van der Waals surface area contributed by atoms with Crippen molar-refractivity contribution in [3.8, 4) is 5.75 Å². The van der Waals surface area contributed by atoms with Crippen LogP contribution in [0.1, 0.15) is 10.4 Å². The SMILES string of the molecule is COc1cc(Br)c(NC(=O)CSc2ncccc2C(=O)O)c(Br)c1. The second-order valence-corrected chi connectivity index (χ2v) is 7.14. The van der Waals surface area contributed by atoms with Crippen LogP contribution in [0.15, 0.2) is 44.4 Å². The van der Waals surface area contributed by atoms with Crippen LogP contribution in [0.5, 0.6) is 5.75 Å². The first-order valence-corrected chi connectivity index (χ1v) is 9.13. The molecule has 6 nitrogen and oxygen atoms in total. The van der Waals surface area contributed by atoms with E-state index in [1.54, 1.807) is 25.3 Å². The van der Waals surface area contributed by atoms with Crippen LogP contribution < -0.4 is 10.1 Å². The highest BCUT2D eigenvalue weighted by Crippen LogP contribution is 2.35. The smallest absolute Gasteiger partial charge is 0.338 e. The van der Waals surface area contributed by atoms with Crippen molar-refractivity contribution in [3.05, 3.63) is 45.0 Å². The number of aromatic nitrogens is 1. The summed E-state index contributed by atoms with van der Waals surface area (Å²) in [6.07, 6.45) is 1.49. The summed E-state index contributed by atoms with van der Waals surface area (Å²) in [7, 11) is 1.55. The molecule has 0 bridgehead atoms. The number of nitrogens with zero attached hydrogens (tertiary/aromatic N) is 1. The van der Waals surface area contributed by atoms with E-state index in [4.69, 9.17) is 9.84 Å². The number of carboxylic acid groups (broad SMARTS) is 1. The van der Waals surface area contributed by atoms with Crippen molar-refractivity contribution in [1.29, 1.82) is 0 Å². The summed E-state index contributed by atoms with van der Waals surface area (Å²) in [5.74, 6) is -0.691. The number of anilines is 1. The van der Waals surface area contributed by atoms with Crippen LogP contribution in [0.2, 0.25) is 0 Å². The molecule has 126 valence electrons. The van der Waals surface area contributed by atoms with Gasteiger partial charge in [-0.1, -0.05) is 11.8 Å². The quantitative estimate of drug-likeness (QED) is 0.613. The molecule has 0 saturated heterocycles. The van der Waals surface area contributed by atoms with E-state index in [0.717, 1.165) is 11.8 Å². The number of carbonyl (C=O) groups excluding carboxylic acids is 1. The lowest BCUT2D eigenvalue weighted by Gasteiger charge is -2.11. The van der Waals surface area contributed by atoms with Gasteiger partial charge in [0.2, 0.25) is 5.91 Å². The molecule has 0 atom stereocenters. The summed E-state index contributed by atoms with van der Waals surface area (Å²) in [6.45, 7) is 0. The van der Waals surface area contributed by atoms with E-state index in [2.05, 4.69) is 42.2 Å². The fourth-order valence-electron chi connectivity index (χ4n) is 1.77. The molecule has 0 radical (unpaired) electrons. The van der Waals surface area contributed by atoms with Gasteiger partial charge in [0.1, 0.15) is 10.8 Å². The zero-order valence-corrected chi connectivity index (χ0v) is 16.4. The maximum absolute atomic E-state index is 12.1. The van der Waals surface area contributed by atoms with E-state index in [0.29, 0.717) is 25.4 Å². The Balaban J connectivity index is 2.06. The molecule has 1 heterocycles. The first-order valence-electron chi connectivity index (χ1n) is 6.56. The lowest BCUT2D eigenvalue weighted by Crippen LogP contribution is -2.15. The van der Waals surface area contributed by atoms with Crippen molar-refractivity contribution in [2.24, 2.45) is 0 Å². The Kier molecular flexibility index (Phi) is 6.64. The van der Waals surface area contributed by atoms with E-state index in [-0.39, 0.29) is 17.2 Å². The average Bonchev–Trinajstić information content (AvgIpc) is 2.56. The van der Waals surface area contributed by atoms with Crippen LogP contribution in [0, 0.1) is 0 Å². The largest absolute Gasteiger partial charge is 0.497 e. The van der Waals surface area contributed by atoms with Crippen LogP contribution >= 0.6 is 43.6 Å². The number of benzene rings is 1. The number of carbonyl (C=O) groups is 2. The molecule has 1 aromatic carbocycles. The zero-order valence-electron chi connectivity index (χ0n) is 12.4. The van der Waals surface area contributed by atoms with Gasteiger partial charge in [0.25, 0.3) is 0 Å². The van der Waals surface area contributed by atoms with Crippen molar-refractivity contribution in [3.63, 3.8) is 0 Å². The first-order chi connectivity index (χ1) is 11.4. The van der Waals surface area contributed by atoms with Crippen molar-refractivity contribution >= 4 is 61.2 Å². The fraction of sp³-hybridized carbons (Fsp3) is 0.133. The van der Waals surface area contributed by atoms with Crippen molar-refractivity contribution in [1.82, 2.24) is 4.98 Å². The third-order valence-corrected chi connectivity index (χ3v) is 5.11. The van der Waals surface area contributed by atoms with E-state index >= 15 is 0 Å². The molecular weight excluding hydrogens is 464 g/mol. The Labute approximate surface area is 159 Å². The van der Waals surface area contributed by atoms with Crippen molar-refractivity contribution < 1.29 is 19.4 Å². The number of rotatable bonds is 6. The summed E-state index contributed by atoms with van der Waals surface area (Å²) in [6, 6.07) is 6.45. The highest BCUT2D eigenvalue weighted by atomic mass is 79.9. The number of methoxy groups -OCH3 is 1. The van der Waals surface area contributed by atoms with Crippen molar-refractivity contribution in [2.75, 3.05) is 18.2 Å². The van der Waals surface area contributed by atoms with Crippen LogP contribution in [0.3, 0.4) is 0 Å². The minimum absolute atomic E-state index is 0.0300. The van der Waals surface area contributed by atoms with Gasteiger partial charge in [-0.25, -0.2) is 9.78 Å². The van der Waals surface area contributed by atoms with Gasteiger partial charge in [-0.15, -0.1) is 0 Å². The number of aromatic carboxylic acids is 1. The average molecular weight is 476 g/mol. The number of carboxylic acids is 1. The lowest BCUT2D eigenvalue weighted by molar-refractivity contribution is -0.113. The first kappa shape index (κ1) is 18.8. The molecule has 1 aromatic heterocycles. The van der Waals surface area contributed by atoms with E-state index in [9.17, 15) is 9.59 Å². The molecule has 2 aromatic rings. The molecule has 0 fully saturated rings. The molecule has 0 unspecified atom stereocenters. The maximum Gasteiger partial charge on any atom is 0.338 e. The summed E-state index contributed by atoms with van der Waals surface area (Å²) < 4.78 is 6.46. The zero-order chi connectivity index (χ0) is 17.7. The van der Waals surface area contributed by atoms with E-state index in [1.807, 2.05) is 0 Å². The second-order valence-electron chi connectivity index (χ2n) is 4.46. The Hall–Kier alpha value is -1.58. The minimum atomic E-state index is -1.08. The number of amides is 1. The van der Waals surface area contributed by atoms with Crippen molar-refractivity contribution in [2.45, 2.75) is 5.03 Å². The second kappa shape index (κ2) is 8.50. The van der Waals surface area contributed by atoms with Gasteiger partial charge in [0.15, 0.2) is 0 Å². The normalized spacial score (nSPS) is 10.3. The third-order valence-electron chi connectivity index (χ3n) is 2.86. The van der Waals surface area contributed by atoms with Gasteiger partial charge in [-0.3, -0.25) is 4.79 Å². The molecule has 1 amide bonds. The maximum atomic E-state index is 12.1. The predicted molar refractivity (Wildman–Crippen MR) is 98.9 cm³/mol. The summed E-state index contributed by atoms with van der Waals surface area (Å²) >= 11 is 7.81. The van der Waals surface area contributed by atoms with E-state index < -0.39 is 5.97 Å². The summed E-state index contributed by atoms with van der Waals surface area (Å²) in [4.78, 5) is 27.3. The molecule has 9 heteroatoms. The molecule has 2 rings (SSSR count). The van der Waals surface area contributed by atoms with Gasteiger partial charge < -0.3 is 15.2 Å². The van der Waals surface area contributed by atoms with Gasteiger partial charge in [0.05, 0.1) is 24.1 Å². The Morgan fingerprint density at radius 2 is 2.00 bits per heavy atom. The molecular formula is C15H12Br2N2O4S. The predicted octanol–water partition coefficient (Wildman–Crippen LogP) is 4.04. The number of halogens is 2. The number of ether oxygens (including phenoxy) is 1. The molecule has 0 saturated carbocycles. The molecule has 0 aliphatic heterocycles. The Bertz CT molecular complexity index is 763. The van der Waals surface area contributed by atoms with Crippen LogP contribution in [0.25, 0.3) is 0 Å². The lowest BCUT2D eigenvalue weighted by atomic mass is 10.3. The van der Waals surface area contributed by atoms with Crippen LogP contribution in [-0.4, -0.2) is 34.8 Å². The van der Waals surface area contributed by atoms with Crippen LogP contribution in [-0.2, 0) is 4.79 Å². The number of thioether (sulfide) groups is 1. The monoisotopic (exact) mass is 474 g/mol. The van der Waals surface area contributed by atoms with E-state index in [1.165, 1.54) is 12.3 Å².